The van der Waals surface area contributed by atoms with Gasteiger partial charge >= 0.3 is 5.97 Å². The number of hydrogen-bond donors (Lipinski definition) is 1. The summed E-state index contributed by atoms with van der Waals surface area (Å²) in [6.07, 6.45) is 0. The maximum absolute atomic E-state index is 10.5. The average molecular weight is 159 g/mol. The van der Waals surface area contributed by atoms with Crippen molar-refractivity contribution in [1.82, 2.24) is 4.67 Å². The molecule has 0 bridgehead atoms. The van der Waals surface area contributed by atoms with Gasteiger partial charge in [0.15, 0.2) is 0 Å². The average Bonchev–Trinajstić information content (AvgIpc) is 2.32. The number of nitrogens with zero attached hydrogens (tertiary/aromatic N) is 1. The molecule has 1 heterocycles. The van der Waals surface area contributed by atoms with Crippen molar-refractivity contribution in [2.45, 2.75) is 0 Å². The molecule has 56 valence electrons. The van der Waals surface area contributed by atoms with Crippen LogP contribution >= 0.6 is 9.39 Å². The molecular formula is C6H10NO2P. The summed E-state index contributed by atoms with van der Waals surface area (Å²) in [6, 6.07) is 0. The quantitative estimate of drug-likeness (QED) is 0.549. The molecule has 3 nitrogen and oxygen atoms in total. The first-order valence-electron chi connectivity index (χ1n) is 3.42. The molecule has 0 aromatic rings. The van der Waals surface area contributed by atoms with E-state index in [-0.39, 0.29) is 5.92 Å². The molecule has 2 rings (SSSR count). The zero-order chi connectivity index (χ0) is 7.30. The highest BCUT2D eigenvalue weighted by atomic mass is 31.0. The van der Waals surface area contributed by atoms with Gasteiger partial charge in [-0.25, -0.2) is 0 Å². The molecule has 1 N–H and O–H groups in total. The Hall–Kier alpha value is -0.140. The highest BCUT2D eigenvalue weighted by Gasteiger charge is 2.58. The summed E-state index contributed by atoms with van der Waals surface area (Å²) < 4.78 is 2.12. The molecule has 3 unspecified atom stereocenters. The van der Waals surface area contributed by atoms with Crippen LogP contribution < -0.4 is 0 Å². The minimum Gasteiger partial charge on any atom is -0.481 e. The number of carboxylic acid groups (broad SMARTS) is 1. The molecule has 0 radical (unpaired) electrons. The van der Waals surface area contributed by atoms with Crippen molar-refractivity contribution < 1.29 is 9.90 Å². The van der Waals surface area contributed by atoms with Crippen LogP contribution in [0.2, 0.25) is 0 Å². The number of carbonyl (C=O) groups is 1. The van der Waals surface area contributed by atoms with Crippen LogP contribution in [-0.4, -0.2) is 28.8 Å². The topological polar surface area (TPSA) is 40.5 Å². The van der Waals surface area contributed by atoms with Crippen molar-refractivity contribution in [3.63, 3.8) is 0 Å². The van der Waals surface area contributed by atoms with Crippen molar-refractivity contribution in [3.05, 3.63) is 0 Å². The van der Waals surface area contributed by atoms with E-state index in [9.17, 15) is 4.79 Å². The van der Waals surface area contributed by atoms with Crippen LogP contribution in [0.15, 0.2) is 0 Å². The zero-order valence-electron chi connectivity index (χ0n) is 5.53. The van der Waals surface area contributed by atoms with Crippen LogP contribution in [0.1, 0.15) is 0 Å². The van der Waals surface area contributed by atoms with Gasteiger partial charge in [-0.1, -0.05) is 9.39 Å². The van der Waals surface area contributed by atoms with Crippen molar-refractivity contribution >= 4 is 15.4 Å². The molecule has 0 aromatic heterocycles. The van der Waals surface area contributed by atoms with E-state index in [0.717, 1.165) is 13.1 Å². The first kappa shape index (κ1) is 6.56. The summed E-state index contributed by atoms with van der Waals surface area (Å²) in [4.78, 5) is 10.5. The van der Waals surface area contributed by atoms with Crippen LogP contribution in [0.25, 0.3) is 0 Å². The maximum atomic E-state index is 10.5. The van der Waals surface area contributed by atoms with Gasteiger partial charge < -0.3 is 5.11 Å². The Morgan fingerprint density at radius 1 is 1.50 bits per heavy atom. The van der Waals surface area contributed by atoms with E-state index in [1.165, 1.54) is 0 Å². The third-order valence-electron chi connectivity index (χ3n) is 2.51. The fourth-order valence-corrected chi connectivity index (χ4v) is 2.41. The summed E-state index contributed by atoms with van der Waals surface area (Å²) in [6.45, 7) is 1.90. The lowest BCUT2D eigenvalue weighted by molar-refractivity contribution is -0.139. The Morgan fingerprint density at radius 3 is 2.40 bits per heavy atom. The van der Waals surface area contributed by atoms with Crippen molar-refractivity contribution in [2.75, 3.05) is 13.1 Å². The van der Waals surface area contributed by atoms with E-state index in [1.807, 2.05) is 0 Å². The molecule has 1 saturated heterocycles. The van der Waals surface area contributed by atoms with Crippen LogP contribution in [0.5, 0.6) is 0 Å². The number of fused-ring (bicyclic) bond motifs is 1. The van der Waals surface area contributed by atoms with E-state index in [4.69, 9.17) is 5.11 Å². The molecule has 1 aliphatic carbocycles. The fraction of sp³-hybridized carbons (Fsp3) is 0.833. The van der Waals surface area contributed by atoms with E-state index in [2.05, 4.69) is 14.1 Å². The van der Waals surface area contributed by atoms with Gasteiger partial charge in [0.25, 0.3) is 0 Å². The Morgan fingerprint density at radius 2 is 2.00 bits per heavy atom. The molecular weight excluding hydrogens is 149 g/mol. The predicted molar refractivity (Wildman–Crippen MR) is 39.4 cm³/mol. The Balaban J connectivity index is 1.98. The summed E-state index contributed by atoms with van der Waals surface area (Å²) in [5.74, 6) is 0.287. The highest BCUT2D eigenvalue weighted by molar-refractivity contribution is 7.13. The Kier molecular flexibility index (Phi) is 1.26. The zero-order valence-corrected chi connectivity index (χ0v) is 6.68. The standard InChI is InChI=1S/C6H10NO2P/c8-6(9)5-3-1-7(10)2-4(3)5/h3-5H,1-2,10H2,(H,8,9). The second-order valence-electron chi connectivity index (χ2n) is 3.15. The lowest BCUT2D eigenvalue weighted by atomic mass is 10.3. The van der Waals surface area contributed by atoms with Gasteiger partial charge in [0, 0.05) is 13.1 Å². The highest BCUT2D eigenvalue weighted by Crippen LogP contribution is 2.52. The van der Waals surface area contributed by atoms with Crippen LogP contribution in [0.3, 0.4) is 0 Å². The van der Waals surface area contributed by atoms with Crippen LogP contribution in [-0.2, 0) is 4.79 Å². The van der Waals surface area contributed by atoms with Gasteiger partial charge in [-0.05, 0) is 11.8 Å². The molecule has 0 spiro atoms. The summed E-state index contributed by atoms with van der Waals surface area (Å²) in [7, 11) is 2.62. The molecule has 3 atom stereocenters. The monoisotopic (exact) mass is 159 g/mol. The largest absolute Gasteiger partial charge is 0.481 e. The number of carboxylic acids is 1. The van der Waals surface area contributed by atoms with Gasteiger partial charge in [0.05, 0.1) is 5.92 Å². The lowest BCUT2D eigenvalue weighted by Gasteiger charge is -2.09. The smallest absolute Gasteiger partial charge is 0.307 e. The van der Waals surface area contributed by atoms with E-state index in [0.29, 0.717) is 11.8 Å². The summed E-state index contributed by atoms with van der Waals surface area (Å²) >= 11 is 0. The van der Waals surface area contributed by atoms with Crippen molar-refractivity contribution in [3.8, 4) is 0 Å². The summed E-state index contributed by atoms with van der Waals surface area (Å²) in [5, 5.41) is 8.62. The molecule has 1 saturated carbocycles. The number of hydrogen-bond acceptors (Lipinski definition) is 2. The number of aliphatic carboxylic acids is 1. The predicted octanol–water partition coefficient (Wildman–Crippen LogP) is 0.0389. The maximum Gasteiger partial charge on any atom is 0.307 e. The van der Waals surface area contributed by atoms with Gasteiger partial charge in [-0.2, -0.15) is 0 Å². The first-order valence-corrected chi connectivity index (χ1v) is 3.94. The SMILES string of the molecule is O=C(O)C1C2CN(P)CC21. The van der Waals surface area contributed by atoms with Gasteiger partial charge in [-0.15, -0.1) is 0 Å². The molecule has 0 amide bonds. The molecule has 2 fully saturated rings. The molecule has 0 aromatic carbocycles. The number of rotatable bonds is 1. The second kappa shape index (κ2) is 1.93. The van der Waals surface area contributed by atoms with Gasteiger partial charge in [-0.3, -0.25) is 9.46 Å². The van der Waals surface area contributed by atoms with E-state index in [1.54, 1.807) is 0 Å². The molecule has 4 heteroatoms. The Bertz CT molecular complexity index is 173. The first-order chi connectivity index (χ1) is 4.70. The van der Waals surface area contributed by atoms with Crippen molar-refractivity contribution in [2.24, 2.45) is 17.8 Å². The third kappa shape index (κ3) is 0.774. The minimum absolute atomic E-state index is 0.0169. The number of piperidine rings is 1. The second-order valence-corrected chi connectivity index (χ2v) is 3.88. The fourth-order valence-electron chi connectivity index (χ4n) is 1.93. The molecule has 1 aliphatic heterocycles. The van der Waals surface area contributed by atoms with Crippen molar-refractivity contribution in [1.29, 1.82) is 0 Å². The molecule has 10 heavy (non-hydrogen) atoms. The lowest BCUT2D eigenvalue weighted by Crippen LogP contribution is -2.16. The van der Waals surface area contributed by atoms with E-state index < -0.39 is 5.97 Å². The van der Waals surface area contributed by atoms with Crippen LogP contribution in [0.4, 0.5) is 0 Å². The van der Waals surface area contributed by atoms with Gasteiger partial charge in [0.2, 0.25) is 0 Å². The van der Waals surface area contributed by atoms with Gasteiger partial charge in [0.1, 0.15) is 0 Å². The van der Waals surface area contributed by atoms with Crippen LogP contribution in [0, 0.1) is 17.8 Å². The van der Waals surface area contributed by atoms with E-state index >= 15 is 0 Å². The minimum atomic E-state index is -0.604. The normalized spacial score (nSPS) is 45.1. The molecule has 2 aliphatic rings. The summed E-state index contributed by atoms with van der Waals surface area (Å²) in [5.41, 5.74) is 0. The Labute approximate surface area is 61.7 Å². The third-order valence-corrected chi connectivity index (χ3v) is 2.93.